The molecule has 1 aromatic heterocycles. The van der Waals surface area contributed by atoms with Crippen molar-refractivity contribution in [3.05, 3.63) is 6.20 Å². The molecule has 1 aromatic rings. The first kappa shape index (κ1) is 24.3. The highest BCUT2D eigenvalue weighted by molar-refractivity contribution is 8.01. The van der Waals surface area contributed by atoms with Gasteiger partial charge >= 0.3 is 12.0 Å². The molecular weight excluding hydrogens is 434 g/mol. The van der Waals surface area contributed by atoms with Crippen molar-refractivity contribution in [3.8, 4) is 0 Å². The number of aromatic nitrogens is 1. The van der Waals surface area contributed by atoms with E-state index in [0.29, 0.717) is 23.0 Å². The lowest BCUT2D eigenvalue weighted by Gasteiger charge is -2.42. The van der Waals surface area contributed by atoms with Crippen molar-refractivity contribution in [1.82, 2.24) is 9.88 Å². The predicted octanol–water partition coefficient (Wildman–Crippen LogP) is 5.61. The Morgan fingerprint density at radius 3 is 2.52 bits per heavy atom. The van der Waals surface area contributed by atoms with Crippen LogP contribution < -0.4 is 5.32 Å². The number of nitrogens with zero attached hydrogens (tertiary/aromatic N) is 2. The second-order valence-electron chi connectivity index (χ2n) is 8.72. The number of carbonyl (C=O) groups excluding carboxylic acids is 1. The standard InChI is InChI=1S/C22H35N3O4S2/c1-15(2)29-18-10-8-17(9-11-18)25(16-6-4-3-5-7-16)22(28)24-21-23-14-20(31-21)30-13-12-19(26)27/h14-18H,3-13H2,1-2H3,(H,26,27)(H,23,24,28)/t17-,18-. The lowest BCUT2D eigenvalue weighted by Crippen LogP contribution is -2.51. The van der Waals surface area contributed by atoms with Gasteiger partial charge in [-0.05, 0) is 52.4 Å². The number of rotatable bonds is 9. The molecular formula is C22H35N3O4S2. The number of ether oxygens (including phenoxy) is 1. The number of carbonyl (C=O) groups is 2. The first-order valence-corrected chi connectivity index (χ1v) is 13.3. The van der Waals surface area contributed by atoms with Gasteiger partial charge in [0, 0.05) is 17.8 Å². The molecule has 9 heteroatoms. The number of carboxylic acids is 1. The van der Waals surface area contributed by atoms with E-state index >= 15 is 0 Å². The van der Waals surface area contributed by atoms with Crippen molar-refractivity contribution >= 4 is 40.2 Å². The summed E-state index contributed by atoms with van der Waals surface area (Å²) in [5, 5.41) is 12.4. The van der Waals surface area contributed by atoms with Crippen LogP contribution >= 0.6 is 23.1 Å². The zero-order chi connectivity index (χ0) is 22.2. The van der Waals surface area contributed by atoms with E-state index in [-0.39, 0.29) is 24.6 Å². The maximum Gasteiger partial charge on any atom is 0.324 e. The summed E-state index contributed by atoms with van der Waals surface area (Å²) < 4.78 is 6.93. The number of hydrogen-bond acceptors (Lipinski definition) is 6. The maximum absolute atomic E-state index is 13.3. The molecule has 0 unspecified atom stereocenters. The highest BCUT2D eigenvalue weighted by atomic mass is 32.2. The summed E-state index contributed by atoms with van der Waals surface area (Å²) in [6.07, 6.45) is 12.1. The number of carboxylic acid groups (broad SMARTS) is 1. The number of anilines is 1. The Labute approximate surface area is 193 Å². The minimum absolute atomic E-state index is 0.0448. The number of urea groups is 1. The van der Waals surface area contributed by atoms with Gasteiger partial charge in [0.2, 0.25) is 0 Å². The Bertz CT molecular complexity index is 713. The molecule has 0 saturated heterocycles. The van der Waals surface area contributed by atoms with Crippen LogP contribution in [0.4, 0.5) is 9.93 Å². The van der Waals surface area contributed by atoms with Gasteiger partial charge < -0.3 is 14.7 Å². The van der Waals surface area contributed by atoms with Crippen molar-refractivity contribution in [2.75, 3.05) is 11.1 Å². The Morgan fingerprint density at radius 2 is 1.87 bits per heavy atom. The minimum Gasteiger partial charge on any atom is -0.481 e. The summed E-state index contributed by atoms with van der Waals surface area (Å²) in [5.74, 6) is -0.303. The fraction of sp³-hybridized carbons (Fsp3) is 0.773. The minimum atomic E-state index is -0.804. The molecule has 2 aliphatic rings. The van der Waals surface area contributed by atoms with Crippen LogP contribution in [-0.2, 0) is 9.53 Å². The SMILES string of the molecule is CC(C)O[C@H]1CC[C@H](N(C(=O)Nc2ncc(SCCC(=O)O)s2)C2CCCCC2)CC1. The van der Waals surface area contributed by atoms with Gasteiger partial charge in [0.15, 0.2) is 5.13 Å². The fourth-order valence-electron chi connectivity index (χ4n) is 4.61. The number of nitrogens with one attached hydrogen (secondary N) is 1. The molecule has 2 amide bonds. The van der Waals surface area contributed by atoms with Crippen LogP contribution in [0.15, 0.2) is 10.4 Å². The topological polar surface area (TPSA) is 91.8 Å². The van der Waals surface area contributed by atoms with E-state index < -0.39 is 5.97 Å². The molecule has 2 N–H and O–H groups in total. The first-order valence-electron chi connectivity index (χ1n) is 11.5. The summed E-state index contributed by atoms with van der Waals surface area (Å²) in [4.78, 5) is 30.5. The van der Waals surface area contributed by atoms with Gasteiger partial charge in [-0.15, -0.1) is 11.8 Å². The Balaban J connectivity index is 1.61. The molecule has 2 aliphatic carbocycles. The molecule has 0 atom stereocenters. The summed E-state index contributed by atoms with van der Waals surface area (Å²) in [6, 6.07) is 0.502. The molecule has 2 saturated carbocycles. The van der Waals surface area contributed by atoms with Gasteiger partial charge in [0.05, 0.1) is 29.0 Å². The van der Waals surface area contributed by atoms with Gasteiger partial charge in [0.1, 0.15) is 0 Å². The molecule has 2 fully saturated rings. The van der Waals surface area contributed by atoms with Crippen LogP contribution in [0.25, 0.3) is 0 Å². The quantitative estimate of drug-likeness (QED) is 0.457. The molecule has 1 heterocycles. The number of hydrogen-bond donors (Lipinski definition) is 2. The van der Waals surface area contributed by atoms with E-state index in [1.807, 2.05) is 0 Å². The van der Waals surface area contributed by atoms with E-state index in [4.69, 9.17) is 9.84 Å². The highest BCUT2D eigenvalue weighted by Crippen LogP contribution is 2.33. The predicted molar refractivity (Wildman–Crippen MR) is 125 cm³/mol. The van der Waals surface area contributed by atoms with Crippen LogP contribution in [0.3, 0.4) is 0 Å². The molecule has 0 aliphatic heterocycles. The third-order valence-corrected chi connectivity index (χ3v) is 8.07. The molecule has 0 bridgehead atoms. The summed E-state index contributed by atoms with van der Waals surface area (Å²) in [6.45, 7) is 4.16. The molecule has 0 aromatic carbocycles. The van der Waals surface area contributed by atoms with E-state index in [1.165, 1.54) is 42.4 Å². The first-order chi connectivity index (χ1) is 14.9. The second kappa shape index (κ2) is 12.1. The van der Waals surface area contributed by atoms with E-state index in [2.05, 4.69) is 29.0 Å². The van der Waals surface area contributed by atoms with Crippen LogP contribution in [0.5, 0.6) is 0 Å². The maximum atomic E-state index is 13.3. The smallest absolute Gasteiger partial charge is 0.324 e. The largest absolute Gasteiger partial charge is 0.481 e. The third kappa shape index (κ3) is 7.64. The van der Waals surface area contributed by atoms with Crippen LogP contribution in [0.2, 0.25) is 0 Å². The van der Waals surface area contributed by atoms with Gasteiger partial charge in [-0.25, -0.2) is 9.78 Å². The van der Waals surface area contributed by atoms with Crippen molar-refractivity contribution in [2.45, 2.75) is 107 Å². The summed E-state index contributed by atoms with van der Waals surface area (Å²) >= 11 is 2.87. The summed E-state index contributed by atoms with van der Waals surface area (Å²) in [5.41, 5.74) is 0. The van der Waals surface area contributed by atoms with Crippen molar-refractivity contribution in [2.24, 2.45) is 0 Å². The average molecular weight is 470 g/mol. The zero-order valence-electron chi connectivity index (χ0n) is 18.5. The van der Waals surface area contributed by atoms with E-state index in [1.54, 1.807) is 6.20 Å². The fourth-order valence-corrected chi connectivity index (χ4v) is 6.48. The van der Waals surface area contributed by atoms with Gasteiger partial charge in [-0.2, -0.15) is 0 Å². The average Bonchev–Trinajstić information content (AvgIpc) is 3.16. The second-order valence-corrected chi connectivity index (χ2v) is 11.1. The number of thioether (sulfide) groups is 1. The molecule has 7 nitrogen and oxygen atoms in total. The lowest BCUT2D eigenvalue weighted by molar-refractivity contribution is -0.136. The number of thiazole rings is 1. The normalized spacial score (nSPS) is 22.4. The zero-order valence-corrected chi connectivity index (χ0v) is 20.2. The monoisotopic (exact) mass is 469 g/mol. The molecule has 31 heavy (non-hydrogen) atoms. The van der Waals surface area contributed by atoms with E-state index in [0.717, 1.165) is 42.7 Å². The Morgan fingerprint density at radius 1 is 1.19 bits per heavy atom. The molecule has 3 rings (SSSR count). The molecule has 0 radical (unpaired) electrons. The van der Waals surface area contributed by atoms with Crippen molar-refractivity contribution in [1.29, 1.82) is 0 Å². The van der Waals surface area contributed by atoms with Crippen molar-refractivity contribution < 1.29 is 19.4 Å². The summed E-state index contributed by atoms with van der Waals surface area (Å²) in [7, 11) is 0. The molecule has 0 spiro atoms. The molecule has 174 valence electrons. The van der Waals surface area contributed by atoms with E-state index in [9.17, 15) is 9.59 Å². The highest BCUT2D eigenvalue weighted by Gasteiger charge is 2.35. The third-order valence-electron chi connectivity index (χ3n) is 5.96. The Hall–Kier alpha value is -1.32. The lowest BCUT2D eigenvalue weighted by atomic mass is 9.87. The van der Waals surface area contributed by atoms with Crippen LogP contribution in [-0.4, -0.2) is 57.0 Å². The van der Waals surface area contributed by atoms with Gasteiger partial charge in [-0.1, -0.05) is 30.6 Å². The van der Waals surface area contributed by atoms with Gasteiger partial charge in [-0.3, -0.25) is 10.1 Å². The number of aliphatic carboxylic acids is 1. The van der Waals surface area contributed by atoms with Crippen LogP contribution in [0, 0.1) is 0 Å². The van der Waals surface area contributed by atoms with Crippen LogP contribution in [0.1, 0.15) is 78.1 Å². The van der Waals surface area contributed by atoms with Crippen molar-refractivity contribution in [3.63, 3.8) is 0 Å². The Kier molecular flexibility index (Phi) is 9.47. The number of amides is 2. The van der Waals surface area contributed by atoms with Gasteiger partial charge in [0.25, 0.3) is 0 Å².